The van der Waals surface area contributed by atoms with Gasteiger partial charge in [-0.3, -0.25) is 14.9 Å². The molecule has 0 fully saturated rings. The molecule has 0 aliphatic heterocycles. The van der Waals surface area contributed by atoms with Crippen LogP contribution >= 0.6 is 11.6 Å². The monoisotopic (exact) mass is 271 g/mol. The topological polar surface area (TPSA) is 60.2 Å². The molecule has 0 aliphatic carbocycles. The van der Waals surface area contributed by atoms with E-state index in [0.717, 1.165) is 0 Å². The van der Waals surface area contributed by atoms with Crippen molar-refractivity contribution in [2.45, 2.75) is 6.18 Å². The first-order chi connectivity index (χ1) is 7.66. The lowest BCUT2D eigenvalue weighted by molar-refractivity contribution is -0.385. The molecule has 0 radical (unpaired) electrons. The van der Waals surface area contributed by atoms with Crippen LogP contribution in [0.25, 0.3) is 0 Å². The number of benzene rings is 1. The molecule has 0 unspecified atom stereocenters. The molecule has 0 heterocycles. The summed E-state index contributed by atoms with van der Waals surface area (Å²) in [5.41, 5.74) is -3.08. The summed E-state index contributed by atoms with van der Waals surface area (Å²) in [5.74, 6) is -4.30. The Morgan fingerprint density at radius 1 is 1.35 bits per heavy atom. The molecule has 0 amide bonds. The van der Waals surface area contributed by atoms with Gasteiger partial charge in [0.1, 0.15) is 16.4 Å². The van der Waals surface area contributed by atoms with Gasteiger partial charge in [0.25, 0.3) is 5.78 Å². The van der Waals surface area contributed by atoms with E-state index in [4.69, 9.17) is 11.6 Å². The first-order valence-electron chi connectivity index (χ1n) is 3.90. The maximum absolute atomic E-state index is 13.1. The van der Waals surface area contributed by atoms with Crippen LogP contribution in [0.1, 0.15) is 10.4 Å². The second kappa shape index (κ2) is 4.28. The first-order valence-corrected chi connectivity index (χ1v) is 4.28. The van der Waals surface area contributed by atoms with E-state index in [1.54, 1.807) is 0 Å². The number of hydrogen-bond acceptors (Lipinski definition) is 3. The fourth-order valence-corrected chi connectivity index (χ4v) is 1.30. The van der Waals surface area contributed by atoms with Crippen LogP contribution in [-0.2, 0) is 0 Å². The number of hydrogen-bond donors (Lipinski definition) is 0. The van der Waals surface area contributed by atoms with Gasteiger partial charge in [0, 0.05) is 0 Å². The molecule has 1 rings (SSSR count). The van der Waals surface area contributed by atoms with Crippen LogP contribution in [0.3, 0.4) is 0 Å². The highest BCUT2D eigenvalue weighted by molar-refractivity contribution is 6.33. The Balaban J connectivity index is 3.57. The summed E-state index contributed by atoms with van der Waals surface area (Å²) in [6, 6.07) is 1.15. The van der Waals surface area contributed by atoms with Gasteiger partial charge in [0.2, 0.25) is 0 Å². The van der Waals surface area contributed by atoms with Crippen molar-refractivity contribution >= 4 is 23.1 Å². The maximum atomic E-state index is 13.1. The normalized spacial score (nSPS) is 11.4. The molecule has 0 aromatic heterocycles. The number of nitro benzene ring substituents is 1. The molecule has 17 heavy (non-hydrogen) atoms. The number of rotatable bonds is 2. The number of nitro groups is 1. The average molecular weight is 272 g/mol. The molecular formula is C8H2ClF4NO3. The van der Waals surface area contributed by atoms with Crippen molar-refractivity contribution < 1.29 is 27.3 Å². The van der Waals surface area contributed by atoms with Crippen molar-refractivity contribution in [1.82, 2.24) is 0 Å². The number of ketones is 1. The van der Waals surface area contributed by atoms with Gasteiger partial charge in [-0.05, 0) is 12.1 Å². The van der Waals surface area contributed by atoms with Crippen LogP contribution in [0.5, 0.6) is 0 Å². The number of carbonyl (C=O) groups excluding carboxylic acids is 1. The Morgan fingerprint density at radius 3 is 2.29 bits per heavy atom. The second-order valence-electron chi connectivity index (χ2n) is 2.84. The van der Waals surface area contributed by atoms with E-state index < -0.39 is 39.0 Å². The van der Waals surface area contributed by atoms with Crippen LogP contribution in [0.15, 0.2) is 12.1 Å². The summed E-state index contributed by atoms with van der Waals surface area (Å²) in [5, 5.41) is 9.71. The molecule has 4 nitrogen and oxygen atoms in total. The molecule has 0 aliphatic rings. The lowest BCUT2D eigenvalue weighted by atomic mass is 10.1. The second-order valence-corrected chi connectivity index (χ2v) is 3.24. The van der Waals surface area contributed by atoms with E-state index in [9.17, 15) is 32.5 Å². The van der Waals surface area contributed by atoms with Crippen molar-refractivity contribution in [2.24, 2.45) is 0 Å². The van der Waals surface area contributed by atoms with Crippen molar-refractivity contribution in [3.05, 3.63) is 38.7 Å². The van der Waals surface area contributed by atoms with E-state index in [1.165, 1.54) is 0 Å². The van der Waals surface area contributed by atoms with Crippen LogP contribution in [0.4, 0.5) is 23.2 Å². The Bertz CT molecular complexity index is 500. The lowest BCUT2D eigenvalue weighted by Crippen LogP contribution is -2.25. The fourth-order valence-electron chi connectivity index (χ4n) is 1.08. The molecule has 1 aromatic carbocycles. The molecule has 0 spiro atoms. The van der Waals surface area contributed by atoms with Gasteiger partial charge in [0.15, 0.2) is 0 Å². The Morgan fingerprint density at radius 2 is 1.88 bits per heavy atom. The van der Waals surface area contributed by atoms with Gasteiger partial charge >= 0.3 is 11.9 Å². The summed E-state index contributed by atoms with van der Waals surface area (Å²) in [7, 11) is 0. The minimum atomic E-state index is -5.42. The summed E-state index contributed by atoms with van der Waals surface area (Å²) < 4.78 is 49.4. The SMILES string of the molecule is O=C(c1c(F)ccc(Cl)c1[N+](=O)[O-])C(F)(F)F. The molecule has 0 atom stereocenters. The number of Topliss-reactive ketones (excluding diaryl/α,β-unsaturated/α-hetero) is 1. The number of carbonyl (C=O) groups is 1. The molecule has 0 saturated carbocycles. The van der Waals surface area contributed by atoms with Crippen LogP contribution in [0, 0.1) is 15.9 Å². The zero-order valence-electron chi connectivity index (χ0n) is 7.72. The predicted octanol–water partition coefficient (Wildman–Crippen LogP) is 3.13. The average Bonchev–Trinajstić information content (AvgIpc) is 2.18. The summed E-state index contributed by atoms with van der Waals surface area (Å²) in [6.45, 7) is 0. The van der Waals surface area contributed by atoms with Crippen molar-refractivity contribution in [2.75, 3.05) is 0 Å². The highest BCUT2D eigenvalue weighted by atomic mass is 35.5. The highest BCUT2D eigenvalue weighted by Gasteiger charge is 2.45. The fraction of sp³-hybridized carbons (Fsp3) is 0.125. The summed E-state index contributed by atoms with van der Waals surface area (Å²) >= 11 is 5.26. The van der Waals surface area contributed by atoms with Gasteiger partial charge in [-0.1, -0.05) is 11.6 Å². The van der Waals surface area contributed by atoms with Gasteiger partial charge in [-0.15, -0.1) is 0 Å². The van der Waals surface area contributed by atoms with E-state index in [0.29, 0.717) is 12.1 Å². The number of halogens is 5. The minimum Gasteiger partial charge on any atom is -0.284 e. The Labute approximate surface area is 95.9 Å². The Kier molecular flexibility index (Phi) is 3.37. The van der Waals surface area contributed by atoms with Crippen LogP contribution in [-0.4, -0.2) is 16.9 Å². The minimum absolute atomic E-state index is 0.453. The van der Waals surface area contributed by atoms with E-state index in [1.807, 2.05) is 0 Å². The van der Waals surface area contributed by atoms with Crippen LogP contribution in [0.2, 0.25) is 5.02 Å². The summed E-state index contributed by atoms with van der Waals surface area (Å²) in [4.78, 5) is 20.0. The maximum Gasteiger partial charge on any atom is 0.455 e. The zero-order valence-corrected chi connectivity index (χ0v) is 8.47. The highest BCUT2D eigenvalue weighted by Crippen LogP contribution is 2.34. The molecule has 0 bridgehead atoms. The van der Waals surface area contributed by atoms with E-state index in [2.05, 4.69) is 0 Å². The third-order valence-electron chi connectivity index (χ3n) is 1.74. The molecule has 1 aromatic rings. The Hall–Kier alpha value is -1.70. The smallest absolute Gasteiger partial charge is 0.284 e. The molecule has 9 heteroatoms. The predicted molar refractivity (Wildman–Crippen MR) is 48.4 cm³/mol. The van der Waals surface area contributed by atoms with E-state index >= 15 is 0 Å². The van der Waals surface area contributed by atoms with E-state index in [-0.39, 0.29) is 0 Å². The van der Waals surface area contributed by atoms with Gasteiger partial charge in [-0.25, -0.2) is 4.39 Å². The standard InChI is InChI=1S/C8H2ClF4NO3/c9-3-1-2-4(10)5(6(3)14(16)17)7(15)8(11,12)13/h1-2H. The molecule has 0 N–H and O–H groups in total. The third-order valence-corrected chi connectivity index (χ3v) is 2.05. The molecule has 0 saturated heterocycles. The lowest BCUT2D eigenvalue weighted by Gasteiger charge is -2.07. The largest absolute Gasteiger partial charge is 0.455 e. The third kappa shape index (κ3) is 2.52. The first kappa shape index (κ1) is 13.4. The van der Waals surface area contributed by atoms with Crippen molar-refractivity contribution in [3.8, 4) is 0 Å². The van der Waals surface area contributed by atoms with Gasteiger partial charge in [-0.2, -0.15) is 13.2 Å². The van der Waals surface area contributed by atoms with Gasteiger partial charge < -0.3 is 0 Å². The zero-order chi connectivity index (χ0) is 13.4. The number of alkyl halides is 3. The number of nitrogens with zero attached hydrogens (tertiary/aromatic N) is 1. The van der Waals surface area contributed by atoms with Crippen LogP contribution < -0.4 is 0 Å². The van der Waals surface area contributed by atoms with Crippen molar-refractivity contribution in [1.29, 1.82) is 0 Å². The van der Waals surface area contributed by atoms with Gasteiger partial charge in [0.05, 0.1) is 4.92 Å². The quantitative estimate of drug-likeness (QED) is 0.359. The molecular weight excluding hydrogens is 270 g/mol. The van der Waals surface area contributed by atoms with Crippen molar-refractivity contribution in [3.63, 3.8) is 0 Å². The molecule has 92 valence electrons. The summed E-state index contributed by atoms with van der Waals surface area (Å²) in [6.07, 6.45) is -5.42.